The molecule has 2 aromatic carbocycles. The number of rotatable bonds is 6. The number of ether oxygens (including phenoxy) is 2. The molecule has 1 aliphatic heterocycles. The van der Waals surface area contributed by atoms with Crippen LogP contribution in [0.15, 0.2) is 53.4 Å². The van der Waals surface area contributed by atoms with Crippen LogP contribution < -0.4 is 20.3 Å². The average Bonchev–Trinajstić information content (AvgIpc) is 2.74. The third-order valence-corrected chi connectivity index (χ3v) is 7.13. The summed E-state index contributed by atoms with van der Waals surface area (Å²) >= 11 is 0. The Kier molecular flexibility index (Phi) is 6.08. The Balaban J connectivity index is 1.87. The highest BCUT2D eigenvalue weighted by molar-refractivity contribution is 7.92. The van der Waals surface area contributed by atoms with Gasteiger partial charge in [-0.25, -0.2) is 13.9 Å². The van der Waals surface area contributed by atoms with Crippen molar-refractivity contribution in [3.05, 3.63) is 48.5 Å². The van der Waals surface area contributed by atoms with Crippen LogP contribution in [-0.4, -0.2) is 55.7 Å². The molecule has 10 heteroatoms. The molecule has 9 nitrogen and oxygen atoms in total. The van der Waals surface area contributed by atoms with E-state index in [0.717, 1.165) is 0 Å². The molecule has 1 fully saturated rings. The third-order valence-electron chi connectivity index (χ3n) is 4.83. The van der Waals surface area contributed by atoms with E-state index in [4.69, 9.17) is 14.7 Å². The average molecular weight is 422 g/mol. The Bertz CT molecular complexity index is 978. The minimum absolute atomic E-state index is 0.00567. The Morgan fingerprint density at radius 1 is 1.17 bits per heavy atom. The first-order valence-electron chi connectivity index (χ1n) is 8.85. The van der Waals surface area contributed by atoms with Crippen molar-refractivity contribution in [1.82, 2.24) is 10.8 Å². The lowest BCUT2D eigenvalue weighted by molar-refractivity contribution is -0.149. The predicted molar refractivity (Wildman–Crippen MR) is 103 cm³/mol. The lowest BCUT2D eigenvalue weighted by atomic mass is 9.93. The molecule has 0 radical (unpaired) electrons. The monoisotopic (exact) mass is 422 g/mol. The molecular weight excluding hydrogens is 400 g/mol. The number of carbonyl (C=O) groups excluding carboxylic acids is 1. The van der Waals surface area contributed by atoms with Crippen molar-refractivity contribution in [2.75, 3.05) is 20.2 Å². The number of β-amino-alcohol motifs (C(OH)–C–C–N with tert-alkyl or cyclic N) is 1. The van der Waals surface area contributed by atoms with Gasteiger partial charge in [-0.15, -0.1) is 0 Å². The maximum Gasteiger partial charge on any atom is 0.277 e. The molecule has 2 atom stereocenters. The predicted octanol–water partition coefficient (Wildman–Crippen LogP) is 0.860. The zero-order valence-electron chi connectivity index (χ0n) is 15.7. The number of hydroxylamine groups is 1. The summed E-state index contributed by atoms with van der Waals surface area (Å²) in [5.74, 6) is 0.216. The van der Waals surface area contributed by atoms with E-state index in [1.54, 1.807) is 24.3 Å². The summed E-state index contributed by atoms with van der Waals surface area (Å²) in [5, 5.41) is 20.9. The zero-order valence-corrected chi connectivity index (χ0v) is 16.5. The molecule has 2 aromatic rings. The molecule has 1 amide bonds. The maximum atomic E-state index is 13.1. The van der Waals surface area contributed by atoms with Gasteiger partial charge in [0, 0.05) is 6.54 Å². The van der Waals surface area contributed by atoms with Crippen LogP contribution in [0.1, 0.15) is 6.42 Å². The zero-order chi connectivity index (χ0) is 21.1. The van der Waals surface area contributed by atoms with Crippen LogP contribution in [0.2, 0.25) is 0 Å². The summed E-state index contributed by atoms with van der Waals surface area (Å²) < 4.78 is 37.1. The van der Waals surface area contributed by atoms with Gasteiger partial charge in [-0.2, -0.15) is 0 Å². The van der Waals surface area contributed by atoms with E-state index in [0.29, 0.717) is 23.8 Å². The Morgan fingerprint density at radius 3 is 2.45 bits per heavy atom. The summed E-state index contributed by atoms with van der Waals surface area (Å²) in [7, 11) is -2.55. The first kappa shape index (κ1) is 21.1. The maximum absolute atomic E-state index is 13.1. The van der Waals surface area contributed by atoms with Crippen molar-refractivity contribution in [2.45, 2.75) is 22.2 Å². The molecule has 0 saturated carbocycles. The molecule has 1 saturated heterocycles. The summed E-state index contributed by atoms with van der Waals surface area (Å²) in [6.45, 7) is 0.0121. The van der Waals surface area contributed by atoms with Gasteiger partial charge in [0.15, 0.2) is 26.9 Å². The van der Waals surface area contributed by atoms with Crippen molar-refractivity contribution in [3.63, 3.8) is 0 Å². The van der Waals surface area contributed by atoms with Gasteiger partial charge in [0.2, 0.25) is 0 Å². The molecule has 156 valence electrons. The van der Waals surface area contributed by atoms with Crippen LogP contribution in [-0.2, 0) is 14.6 Å². The molecule has 1 heterocycles. The van der Waals surface area contributed by atoms with Gasteiger partial charge in [-0.3, -0.25) is 10.0 Å². The number of methoxy groups -OCH3 is 1. The van der Waals surface area contributed by atoms with E-state index < -0.39 is 26.6 Å². The van der Waals surface area contributed by atoms with Crippen LogP contribution in [0.4, 0.5) is 0 Å². The van der Waals surface area contributed by atoms with E-state index in [1.165, 1.54) is 36.9 Å². The SMILES string of the molecule is COc1ccccc1Oc1ccc(S(=O)(=O)C2CCNCC2(O)C(=O)NO)cc1. The number of benzene rings is 2. The van der Waals surface area contributed by atoms with E-state index >= 15 is 0 Å². The number of sulfone groups is 1. The standard InChI is InChI=1S/C19H22N2O7S/c1-27-15-4-2-3-5-16(15)28-13-6-8-14(9-7-13)29(25,26)17-10-11-20-12-19(17,23)18(22)21-24/h2-9,17,20,23-24H,10-12H2,1H3,(H,21,22). The Labute approximate surface area is 168 Å². The second-order valence-corrected chi connectivity index (χ2v) is 8.72. The van der Waals surface area contributed by atoms with E-state index in [2.05, 4.69) is 5.32 Å². The lowest BCUT2D eigenvalue weighted by Gasteiger charge is -2.37. The number of amides is 1. The third kappa shape index (κ3) is 4.06. The van der Waals surface area contributed by atoms with Crippen molar-refractivity contribution in [1.29, 1.82) is 0 Å². The summed E-state index contributed by atoms with van der Waals surface area (Å²) in [6, 6.07) is 12.7. The fourth-order valence-electron chi connectivity index (χ4n) is 3.29. The van der Waals surface area contributed by atoms with Gasteiger partial charge in [-0.1, -0.05) is 12.1 Å². The molecule has 3 rings (SSSR count). The quantitative estimate of drug-likeness (QED) is 0.398. The van der Waals surface area contributed by atoms with Crippen LogP contribution >= 0.6 is 0 Å². The van der Waals surface area contributed by atoms with Gasteiger partial charge < -0.3 is 19.9 Å². The second kappa shape index (κ2) is 8.37. The lowest BCUT2D eigenvalue weighted by Crippen LogP contribution is -2.65. The van der Waals surface area contributed by atoms with E-state index in [-0.39, 0.29) is 17.9 Å². The molecule has 0 aromatic heterocycles. The number of para-hydroxylation sites is 2. The number of hydrogen-bond donors (Lipinski definition) is 4. The Morgan fingerprint density at radius 2 is 1.83 bits per heavy atom. The summed E-state index contributed by atoms with van der Waals surface area (Å²) in [4.78, 5) is 11.9. The normalized spacial score (nSPS) is 22.0. The number of nitrogens with one attached hydrogen (secondary N) is 2. The smallest absolute Gasteiger partial charge is 0.277 e. The van der Waals surface area contributed by atoms with Gasteiger partial charge in [0.1, 0.15) is 11.0 Å². The molecule has 0 bridgehead atoms. The van der Waals surface area contributed by atoms with Gasteiger partial charge in [0.05, 0.1) is 12.0 Å². The molecule has 1 aliphatic rings. The van der Waals surface area contributed by atoms with Crippen molar-refractivity contribution in [3.8, 4) is 17.2 Å². The summed E-state index contributed by atoms with van der Waals surface area (Å²) in [6.07, 6.45) is 0.00567. The number of hydrogen-bond acceptors (Lipinski definition) is 8. The summed E-state index contributed by atoms with van der Waals surface area (Å²) in [5.41, 5.74) is -0.943. The van der Waals surface area contributed by atoms with E-state index in [9.17, 15) is 18.3 Å². The van der Waals surface area contributed by atoms with Crippen LogP contribution in [0, 0.1) is 0 Å². The first-order valence-corrected chi connectivity index (χ1v) is 10.4. The van der Waals surface area contributed by atoms with Gasteiger partial charge in [-0.05, 0) is 49.4 Å². The van der Waals surface area contributed by atoms with E-state index in [1.807, 2.05) is 0 Å². The topological polar surface area (TPSA) is 134 Å². The van der Waals surface area contributed by atoms with Crippen molar-refractivity contribution >= 4 is 15.7 Å². The second-order valence-electron chi connectivity index (χ2n) is 6.59. The fraction of sp³-hybridized carbons (Fsp3) is 0.316. The largest absolute Gasteiger partial charge is 0.493 e. The molecule has 29 heavy (non-hydrogen) atoms. The van der Waals surface area contributed by atoms with Gasteiger partial charge in [0.25, 0.3) is 5.91 Å². The molecule has 4 N–H and O–H groups in total. The minimum atomic E-state index is -4.07. The number of piperidine rings is 1. The highest BCUT2D eigenvalue weighted by Crippen LogP contribution is 2.33. The minimum Gasteiger partial charge on any atom is -0.493 e. The van der Waals surface area contributed by atoms with Crippen LogP contribution in [0.25, 0.3) is 0 Å². The highest BCUT2D eigenvalue weighted by Gasteiger charge is 2.52. The van der Waals surface area contributed by atoms with Crippen LogP contribution in [0.3, 0.4) is 0 Å². The number of carbonyl (C=O) groups is 1. The molecule has 2 unspecified atom stereocenters. The van der Waals surface area contributed by atoms with Crippen molar-refractivity contribution < 1.29 is 33.0 Å². The molecule has 0 spiro atoms. The first-order chi connectivity index (χ1) is 13.8. The van der Waals surface area contributed by atoms with Crippen molar-refractivity contribution in [2.24, 2.45) is 0 Å². The highest BCUT2D eigenvalue weighted by atomic mass is 32.2. The molecule has 0 aliphatic carbocycles. The molecular formula is C19H22N2O7S. The van der Waals surface area contributed by atoms with Gasteiger partial charge >= 0.3 is 0 Å². The Hall–Kier alpha value is -2.66. The van der Waals surface area contributed by atoms with Crippen LogP contribution in [0.5, 0.6) is 17.2 Å². The number of aliphatic hydroxyl groups is 1. The fourth-order valence-corrected chi connectivity index (χ4v) is 5.27.